The normalized spacial score (nSPS) is 14.1. The maximum absolute atomic E-state index is 12.9. The molecule has 1 aromatic carbocycles. The minimum absolute atomic E-state index is 0.206. The lowest BCUT2D eigenvalue weighted by Crippen LogP contribution is -2.34. The summed E-state index contributed by atoms with van der Waals surface area (Å²) >= 11 is 0. The fourth-order valence-electron chi connectivity index (χ4n) is 2.51. The summed E-state index contributed by atoms with van der Waals surface area (Å²) in [6.45, 7) is 2.12. The van der Waals surface area contributed by atoms with Gasteiger partial charge in [0.1, 0.15) is 11.6 Å². The fraction of sp³-hybridized carbons (Fsp3) is 0.353. The van der Waals surface area contributed by atoms with E-state index in [0.29, 0.717) is 37.1 Å². The van der Waals surface area contributed by atoms with Gasteiger partial charge in [0, 0.05) is 45.4 Å². The summed E-state index contributed by atoms with van der Waals surface area (Å²) in [6.07, 6.45) is 3.18. The number of rotatable bonds is 6. The van der Waals surface area contributed by atoms with Crippen LogP contribution in [0, 0.1) is 5.82 Å². The number of hydrogen-bond donors (Lipinski definition) is 0. The first-order valence-corrected chi connectivity index (χ1v) is 7.87. The SMILES string of the molecule is CN(CCN1CCCC1=O)c1nccc(Oc2ccc(F)cc2)n1. The molecular weight excluding hydrogens is 311 g/mol. The lowest BCUT2D eigenvalue weighted by atomic mass is 10.3. The van der Waals surface area contributed by atoms with Crippen molar-refractivity contribution >= 4 is 11.9 Å². The van der Waals surface area contributed by atoms with Crippen LogP contribution in [0.5, 0.6) is 11.6 Å². The number of anilines is 1. The number of amides is 1. The monoisotopic (exact) mass is 330 g/mol. The molecule has 0 atom stereocenters. The summed E-state index contributed by atoms with van der Waals surface area (Å²) < 4.78 is 18.5. The number of ether oxygens (including phenoxy) is 1. The molecule has 1 amide bonds. The van der Waals surface area contributed by atoms with Gasteiger partial charge in [-0.05, 0) is 30.7 Å². The predicted octanol–water partition coefficient (Wildman–Crippen LogP) is 2.47. The first-order valence-electron chi connectivity index (χ1n) is 7.87. The molecule has 6 nitrogen and oxygen atoms in total. The molecule has 0 unspecified atom stereocenters. The van der Waals surface area contributed by atoms with Gasteiger partial charge in [-0.2, -0.15) is 4.98 Å². The number of nitrogens with zero attached hydrogens (tertiary/aromatic N) is 4. The van der Waals surface area contributed by atoms with Crippen molar-refractivity contribution in [2.45, 2.75) is 12.8 Å². The van der Waals surface area contributed by atoms with Gasteiger partial charge in [-0.1, -0.05) is 0 Å². The second kappa shape index (κ2) is 7.25. The Bertz CT molecular complexity index is 708. The number of likely N-dealkylation sites (N-methyl/N-ethyl adjacent to an activating group) is 1. The minimum Gasteiger partial charge on any atom is -0.439 e. The summed E-state index contributed by atoms with van der Waals surface area (Å²) in [5, 5.41) is 0. The topological polar surface area (TPSA) is 58.6 Å². The molecule has 0 N–H and O–H groups in total. The zero-order valence-electron chi connectivity index (χ0n) is 13.5. The molecule has 126 valence electrons. The fourth-order valence-corrected chi connectivity index (χ4v) is 2.51. The van der Waals surface area contributed by atoms with Crippen LogP contribution in [-0.4, -0.2) is 47.5 Å². The largest absolute Gasteiger partial charge is 0.439 e. The van der Waals surface area contributed by atoms with Crippen molar-refractivity contribution in [2.24, 2.45) is 0 Å². The molecule has 24 heavy (non-hydrogen) atoms. The van der Waals surface area contributed by atoms with Crippen molar-refractivity contribution in [1.82, 2.24) is 14.9 Å². The number of hydrogen-bond acceptors (Lipinski definition) is 5. The smallest absolute Gasteiger partial charge is 0.228 e. The lowest BCUT2D eigenvalue weighted by molar-refractivity contribution is -0.127. The number of carbonyl (C=O) groups is 1. The molecule has 1 fully saturated rings. The number of likely N-dealkylation sites (tertiary alicyclic amines) is 1. The molecule has 0 aliphatic carbocycles. The third-order valence-corrected chi connectivity index (χ3v) is 3.87. The number of carbonyl (C=O) groups excluding carboxylic acids is 1. The van der Waals surface area contributed by atoms with E-state index in [4.69, 9.17) is 4.74 Å². The van der Waals surface area contributed by atoms with Crippen molar-refractivity contribution in [3.8, 4) is 11.6 Å². The highest BCUT2D eigenvalue weighted by molar-refractivity contribution is 5.78. The average molecular weight is 330 g/mol. The predicted molar refractivity (Wildman–Crippen MR) is 87.6 cm³/mol. The minimum atomic E-state index is -0.318. The molecular formula is C17H19FN4O2. The molecule has 2 aromatic rings. The Kier molecular flexibility index (Phi) is 4.88. The van der Waals surface area contributed by atoms with Crippen molar-refractivity contribution in [3.63, 3.8) is 0 Å². The van der Waals surface area contributed by atoms with E-state index in [-0.39, 0.29) is 11.7 Å². The molecule has 0 saturated carbocycles. The van der Waals surface area contributed by atoms with Gasteiger partial charge in [-0.3, -0.25) is 4.79 Å². The number of halogens is 1. The van der Waals surface area contributed by atoms with Crippen LogP contribution in [0.4, 0.5) is 10.3 Å². The maximum atomic E-state index is 12.9. The van der Waals surface area contributed by atoms with E-state index in [9.17, 15) is 9.18 Å². The van der Waals surface area contributed by atoms with Crippen molar-refractivity contribution in [1.29, 1.82) is 0 Å². The Morgan fingerprint density at radius 2 is 2.08 bits per heavy atom. The first-order chi connectivity index (χ1) is 11.6. The Labute approximate surface area is 139 Å². The molecule has 3 rings (SSSR count). The molecule has 0 radical (unpaired) electrons. The van der Waals surface area contributed by atoms with Crippen LogP contribution in [0.2, 0.25) is 0 Å². The van der Waals surface area contributed by atoms with Gasteiger partial charge in [0.2, 0.25) is 17.7 Å². The van der Waals surface area contributed by atoms with E-state index in [2.05, 4.69) is 9.97 Å². The molecule has 1 aromatic heterocycles. The van der Waals surface area contributed by atoms with E-state index in [1.807, 2.05) is 16.8 Å². The Morgan fingerprint density at radius 3 is 2.79 bits per heavy atom. The highest BCUT2D eigenvalue weighted by atomic mass is 19.1. The zero-order chi connectivity index (χ0) is 16.9. The maximum Gasteiger partial charge on any atom is 0.228 e. The van der Waals surface area contributed by atoms with Crippen LogP contribution in [0.15, 0.2) is 36.5 Å². The van der Waals surface area contributed by atoms with Crippen molar-refractivity contribution in [2.75, 3.05) is 31.6 Å². The van der Waals surface area contributed by atoms with Gasteiger partial charge in [0.05, 0.1) is 0 Å². The average Bonchev–Trinajstić information content (AvgIpc) is 3.00. The van der Waals surface area contributed by atoms with Gasteiger partial charge in [0.15, 0.2) is 0 Å². The Morgan fingerprint density at radius 1 is 1.29 bits per heavy atom. The van der Waals surface area contributed by atoms with E-state index < -0.39 is 0 Å². The molecule has 1 aliphatic heterocycles. The second-order valence-electron chi connectivity index (χ2n) is 5.66. The van der Waals surface area contributed by atoms with Crippen LogP contribution in [-0.2, 0) is 4.79 Å². The lowest BCUT2D eigenvalue weighted by Gasteiger charge is -2.21. The third-order valence-electron chi connectivity index (χ3n) is 3.87. The van der Waals surface area contributed by atoms with Crippen LogP contribution in [0.25, 0.3) is 0 Å². The Hall–Kier alpha value is -2.70. The quantitative estimate of drug-likeness (QED) is 0.814. The molecule has 1 saturated heterocycles. The Balaban J connectivity index is 1.61. The van der Waals surface area contributed by atoms with Gasteiger partial charge < -0.3 is 14.5 Å². The summed E-state index contributed by atoms with van der Waals surface area (Å²) in [6, 6.07) is 7.39. The first kappa shape index (κ1) is 16.2. The highest BCUT2D eigenvalue weighted by Gasteiger charge is 2.20. The van der Waals surface area contributed by atoms with E-state index in [1.54, 1.807) is 24.4 Å². The summed E-state index contributed by atoms with van der Waals surface area (Å²) in [4.78, 5) is 23.9. The van der Waals surface area contributed by atoms with E-state index in [1.165, 1.54) is 12.1 Å². The number of benzene rings is 1. The van der Waals surface area contributed by atoms with Crippen LogP contribution in [0.1, 0.15) is 12.8 Å². The standard InChI is InChI=1S/C17H19FN4O2/c1-21(11-12-22-10-2-3-16(22)23)17-19-9-8-15(20-17)24-14-6-4-13(18)5-7-14/h4-9H,2-3,10-12H2,1H3. The van der Waals surface area contributed by atoms with Crippen molar-refractivity contribution in [3.05, 3.63) is 42.3 Å². The third kappa shape index (κ3) is 3.98. The highest BCUT2D eigenvalue weighted by Crippen LogP contribution is 2.20. The molecule has 0 bridgehead atoms. The zero-order valence-corrected chi connectivity index (χ0v) is 13.5. The van der Waals surface area contributed by atoms with Crippen LogP contribution in [0.3, 0.4) is 0 Å². The summed E-state index contributed by atoms with van der Waals surface area (Å²) in [7, 11) is 1.87. The van der Waals surface area contributed by atoms with E-state index >= 15 is 0 Å². The van der Waals surface area contributed by atoms with Crippen LogP contribution >= 0.6 is 0 Å². The molecule has 7 heteroatoms. The van der Waals surface area contributed by atoms with Crippen molar-refractivity contribution < 1.29 is 13.9 Å². The molecule has 0 spiro atoms. The van der Waals surface area contributed by atoms with Gasteiger partial charge >= 0.3 is 0 Å². The van der Waals surface area contributed by atoms with Crippen LogP contribution < -0.4 is 9.64 Å². The van der Waals surface area contributed by atoms with Gasteiger partial charge in [-0.25, -0.2) is 9.37 Å². The van der Waals surface area contributed by atoms with E-state index in [0.717, 1.165) is 13.0 Å². The number of aromatic nitrogens is 2. The van der Waals surface area contributed by atoms with Gasteiger partial charge in [-0.15, -0.1) is 0 Å². The molecule has 1 aliphatic rings. The van der Waals surface area contributed by atoms with Gasteiger partial charge in [0.25, 0.3) is 0 Å². The second-order valence-corrected chi connectivity index (χ2v) is 5.66. The summed E-state index contributed by atoms with van der Waals surface area (Å²) in [5.74, 6) is 1.29. The summed E-state index contributed by atoms with van der Waals surface area (Å²) in [5.41, 5.74) is 0. The molecule has 2 heterocycles.